The van der Waals surface area contributed by atoms with E-state index in [0.29, 0.717) is 0 Å². The predicted molar refractivity (Wildman–Crippen MR) is 129 cm³/mol. The van der Waals surface area contributed by atoms with E-state index in [2.05, 4.69) is 89.4 Å². The maximum Gasteiger partial charge on any atom is 0.0457 e. The van der Waals surface area contributed by atoms with Crippen molar-refractivity contribution in [3.05, 3.63) is 77.5 Å². The average Bonchev–Trinajstić information content (AvgIpc) is 3.18. The minimum atomic E-state index is 1.08. The van der Waals surface area contributed by atoms with Crippen LogP contribution in [0.2, 0.25) is 0 Å². The van der Waals surface area contributed by atoms with Crippen molar-refractivity contribution >= 4 is 28.2 Å². The van der Waals surface area contributed by atoms with Crippen LogP contribution in [0.3, 0.4) is 0 Å². The fourth-order valence-corrected chi connectivity index (χ4v) is 5.08. The van der Waals surface area contributed by atoms with Crippen LogP contribution in [0, 0.1) is 0 Å². The van der Waals surface area contributed by atoms with Crippen LogP contribution in [-0.2, 0) is 12.2 Å². The molecule has 3 aromatic rings. The highest BCUT2D eigenvalue weighted by Crippen LogP contribution is 2.25. The van der Waals surface area contributed by atoms with E-state index in [0.717, 1.165) is 18.7 Å². The van der Waals surface area contributed by atoms with E-state index >= 15 is 0 Å². The molecule has 1 aliphatic heterocycles. The lowest BCUT2D eigenvalue weighted by atomic mass is 10.00. The topological polar surface area (TPSA) is 19.0 Å². The van der Waals surface area contributed by atoms with E-state index in [1.54, 1.807) is 0 Å². The second-order valence-corrected chi connectivity index (χ2v) is 9.10. The van der Waals surface area contributed by atoms with Gasteiger partial charge in [0.25, 0.3) is 0 Å². The first-order valence-corrected chi connectivity index (χ1v) is 12.1. The lowest BCUT2D eigenvalue weighted by molar-refractivity contribution is 0.321. The number of nitrogens with zero attached hydrogens (tertiary/aromatic N) is 1. The van der Waals surface area contributed by atoms with Gasteiger partial charge in [0.1, 0.15) is 0 Å². The van der Waals surface area contributed by atoms with E-state index in [-0.39, 0.29) is 0 Å². The molecule has 0 unspecified atom stereocenters. The Labute approximate surface area is 179 Å². The number of aromatic nitrogens is 1. The summed E-state index contributed by atoms with van der Waals surface area (Å²) in [4.78, 5) is 6.03. The first-order valence-electron chi connectivity index (χ1n) is 11.0. The number of rotatable bonds is 9. The normalized spacial score (nSPS) is 15.0. The summed E-state index contributed by atoms with van der Waals surface area (Å²) in [5.41, 5.74) is 7.09. The molecule has 0 spiro atoms. The smallest absolute Gasteiger partial charge is 0.0457 e. The van der Waals surface area contributed by atoms with E-state index in [4.69, 9.17) is 0 Å². The summed E-state index contributed by atoms with van der Waals surface area (Å²) in [6.07, 6.45) is 9.51. The molecule has 2 aromatic carbocycles. The van der Waals surface area contributed by atoms with Gasteiger partial charge in [-0.15, -0.1) is 0 Å². The molecular formula is C26H32N2S. The van der Waals surface area contributed by atoms with Crippen LogP contribution < -0.4 is 0 Å². The Bertz CT molecular complexity index is 942. The fraction of sp³-hybridized carbons (Fsp3) is 0.385. The van der Waals surface area contributed by atoms with Crippen molar-refractivity contribution in [3.63, 3.8) is 0 Å². The Balaban J connectivity index is 1.25. The number of hydrogen-bond donors (Lipinski definition) is 1. The molecule has 3 heteroatoms. The zero-order valence-electron chi connectivity index (χ0n) is 17.5. The average molecular weight is 405 g/mol. The van der Waals surface area contributed by atoms with Gasteiger partial charge in [-0.05, 0) is 53.7 Å². The molecule has 1 aliphatic rings. The monoisotopic (exact) mass is 404 g/mol. The Morgan fingerprint density at radius 1 is 1.10 bits per heavy atom. The lowest BCUT2D eigenvalue weighted by Gasteiger charge is -2.26. The molecule has 0 saturated heterocycles. The molecule has 1 aromatic heterocycles. The molecule has 0 radical (unpaired) electrons. The molecule has 0 aliphatic carbocycles. The molecule has 2 nitrogen and oxygen atoms in total. The fourth-order valence-electron chi connectivity index (χ4n) is 4.09. The van der Waals surface area contributed by atoms with Crippen molar-refractivity contribution in [2.75, 3.05) is 25.4 Å². The highest BCUT2D eigenvalue weighted by atomic mass is 32.2. The van der Waals surface area contributed by atoms with Crippen LogP contribution in [0.5, 0.6) is 0 Å². The first-order chi connectivity index (χ1) is 14.3. The van der Waals surface area contributed by atoms with Crippen LogP contribution >= 0.6 is 11.8 Å². The molecule has 0 saturated carbocycles. The summed E-state index contributed by atoms with van der Waals surface area (Å²) < 4.78 is 0. The molecule has 0 amide bonds. The van der Waals surface area contributed by atoms with Gasteiger partial charge in [-0.2, -0.15) is 11.8 Å². The summed E-state index contributed by atoms with van der Waals surface area (Å²) in [5, 5.41) is 1.42. The van der Waals surface area contributed by atoms with Gasteiger partial charge < -0.3 is 4.98 Å². The number of thioether (sulfide) groups is 1. The molecule has 1 N–H and O–H groups in total. The minimum Gasteiger partial charge on any atom is -0.361 e. The van der Waals surface area contributed by atoms with Gasteiger partial charge in [-0.3, -0.25) is 4.90 Å². The molecule has 0 bridgehead atoms. The summed E-state index contributed by atoms with van der Waals surface area (Å²) >= 11 is 2.06. The highest BCUT2D eigenvalue weighted by molar-refractivity contribution is 7.98. The van der Waals surface area contributed by atoms with Crippen molar-refractivity contribution in [1.82, 2.24) is 9.88 Å². The number of aromatic amines is 1. The third kappa shape index (κ3) is 5.34. The zero-order chi connectivity index (χ0) is 19.9. The molecule has 4 rings (SSSR count). The molecule has 29 heavy (non-hydrogen) atoms. The molecule has 152 valence electrons. The summed E-state index contributed by atoms with van der Waals surface area (Å²) in [5.74, 6) is 2.28. The van der Waals surface area contributed by atoms with Crippen LogP contribution in [-0.4, -0.2) is 35.3 Å². The SMILES string of the molecule is CCCCc1ccc2[nH]cc(CSCCN3CC=C(c4ccccc4)CC3)c2c1. The Morgan fingerprint density at radius 2 is 2.00 bits per heavy atom. The highest BCUT2D eigenvalue weighted by Gasteiger charge is 2.12. The van der Waals surface area contributed by atoms with E-state index in [1.807, 2.05) is 0 Å². The van der Waals surface area contributed by atoms with Crippen molar-refractivity contribution in [3.8, 4) is 0 Å². The number of aryl methyl sites for hydroxylation is 1. The van der Waals surface area contributed by atoms with Crippen LogP contribution in [0.4, 0.5) is 0 Å². The van der Waals surface area contributed by atoms with Crippen LogP contribution in [0.25, 0.3) is 16.5 Å². The van der Waals surface area contributed by atoms with Gasteiger partial charge in [0.15, 0.2) is 0 Å². The summed E-state index contributed by atoms with van der Waals surface area (Å²) in [6, 6.07) is 17.7. The van der Waals surface area contributed by atoms with Crippen molar-refractivity contribution in [1.29, 1.82) is 0 Å². The number of fused-ring (bicyclic) bond motifs is 1. The second kappa shape index (κ2) is 10.2. The van der Waals surface area contributed by atoms with Gasteiger partial charge in [-0.25, -0.2) is 0 Å². The summed E-state index contributed by atoms with van der Waals surface area (Å²) in [7, 11) is 0. The number of hydrogen-bond acceptors (Lipinski definition) is 2. The third-order valence-electron chi connectivity index (χ3n) is 5.90. The van der Waals surface area contributed by atoms with E-state index in [1.165, 1.54) is 71.3 Å². The summed E-state index contributed by atoms with van der Waals surface area (Å²) in [6.45, 7) is 5.69. The Kier molecular flexibility index (Phi) is 7.13. The number of benzene rings is 2. The van der Waals surface area contributed by atoms with Gasteiger partial charge in [0.2, 0.25) is 0 Å². The number of nitrogens with one attached hydrogen (secondary N) is 1. The second-order valence-electron chi connectivity index (χ2n) is 8.00. The van der Waals surface area contributed by atoms with E-state index in [9.17, 15) is 0 Å². The molecule has 2 heterocycles. The van der Waals surface area contributed by atoms with E-state index < -0.39 is 0 Å². The predicted octanol–water partition coefficient (Wildman–Crippen LogP) is 6.53. The van der Waals surface area contributed by atoms with Crippen LogP contribution in [0.15, 0.2) is 60.8 Å². The van der Waals surface area contributed by atoms with Crippen molar-refractivity contribution < 1.29 is 0 Å². The Morgan fingerprint density at radius 3 is 2.79 bits per heavy atom. The maximum absolute atomic E-state index is 3.45. The third-order valence-corrected chi connectivity index (χ3v) is 6.88. The minimum absolute atomic E-state index is 1.08. The molecule has 0 fully saturated rings. The largest absolute Gasteiger partial charge is 0.361 e. The van der Waals surface area contributed by atoms with Gasteiger partial charge in [0.05, 0.1) is 0 Å². The zero-order valence-corrected chi connectivity index (χ0v) is 18.3. The molecule has 0 atom stereocenters. The number of unbranched alkanes of at least 4 members (excludes halogenated alkanes) is 1. The maximum atomic E-state index is 3.45. The van der Waals surface area contributed by atoms with Crippen molar-refractivity contribution in [2.24, 2.45) is 0 Å². The quantitative estimate of drug-likeness (QED) is 0.409. The number of H-pyrrole nitrogens is 1. The van der Waals surface area contributed by atoms with Gasteiger partial charge in [-0.1, -0.05) is 55.8 Å². The van der Waals surface area contributed by atoms with Crippen LogP contribution in [0.1, 0.15) is 42.9 Å². The van der Waals surface area contributed by atoms with Gasteiger partial charge >= 0.3 is 0 Å². The molecular weight excluding hydrogens is 372 g/mol. The standard InChI is InChI=1S/C26H32N2S/c1-2-3-7-21-10-11-26-25(18-21)24(19-27-26)20-29-17-16-28-14-12-23(13-15-28)22-8-5-4-6-9-22/h4-6,8-12,18-19,27H,2-3,7,13-17,20H2,1H3. The lowest BCUT2D eigenvalue weighted by Crippen LogP contribution is -2.30. The van der Waals surface area contributed by atoms with Crippen molar-refractivity contribution in [2.45, 2.75) is 38.4 Å². The Hall–Kier alpha value is -1.97. The first kappa shape index (κ1) is 20.3. The van der Waals surface area contributed by atoms with Gasteiger partial charge in [0, 0.05) is 48.2 Å².